The molecule has 1 heterocycles. The van der Waals surface area contributed by atoms with Crippen molar-refractivity contribution in [2.45, 2.75) is 56.3 Å². The highest BCUT2D eigenvalue weighted by atomic mass is 32.2. The van der Waals surface area contributed by atoms with E-state index in [0.29, 0.717) is 26.1 Å². The van der Waals surface area contributed by atoms with Crippen LogP contribution in [0.3, 0.4) is 0 Å². The number of carboxylic acids is 1. The zero-order valence-electron chi connectivity index (χ0n) is 15.5. The van der Waals surface area contributed by atoms with Gasteiger partial charge in [-0.1, -0.05) is 31.4 Å². The number of carbonyl (C=O) groups is 2. The van der Waals surface area contributed by atoms with Crippen molar-refractivity contribution in [3.05, 3.63) is 29.8 Å². The van der Waals surface area contributed by atoms with Gasteiger partial charge in [-0.25, -0.2) is 8.42 Å². The second-order valence-corrected chi connectivity index (χ2v) is 8.68. The van der Waals surface area contributed by atoms with Gasteiger partial charge in [0.15, 0.2) is 0 Å². The lowest BCUT2D eigenvalue weighted by atomic mass is 10.1. The summed E-state index contributed by atoms with van der Waals surface area (Å²) in [5, 5.41) is 11.4. The molecule has 1 aliphatic heterocycles. The average Bonchev–Trinajstić information content (AvgIpc) is 2.67. The first kappa shape index (κ1) is 21.4. The number of hydrogen-bond acceptors (Lipinski definition) is 4. The van der Waals surface area contributed by atoms with Gasteiger partial charge in [0.2, 0.25) is 10.0 Å². The predicted octanol–water partition coefficient (Wildman–Crippen LogP) is 2.63. The SMILES string of the molecule is O=C(O)CCCCCCNC(=O)c1ccccc1S(=O)(=O)N1CCCCC1. The van der Waals surface area contributed by atoms with Crippen molar-refractivity contribution < 1.29 is 23.1 Å². The number of amides is 1. The number of carbonyl (C=O) groups excluding carboxylic acids is 1. The van der Waals surface area contributed by atoms with Crippen LogP contribution in [0.25, 0.3) is 0 Å². The maximum atomic E-state index is 12.9. The summed E-state index contributed by atoms with van der Waals surface area (Å²) in [4.78, 5) is 23.0. The van der Waals surface area contributed by atoms with E-state index in [1.54, 1.807) is 18.2 Å². The molecule has 1 saturated heterocycles. The van der Waals surface area contributed by atoms with Gasteiger partial charge in [0.1, 0.15) is 0 Å². The fraction of sp³-hybridized carbons (Fsp3) is 0.579. The van der Waals surface area contributed by atoms with Gasteiger partial charge in [-0.15, -0.1) is 0 Å². The quantitative estimate of drug-likeness (QED) is 0.592. The first-order chi connectivity index (χ1) is 12.9. The lowest BCUT2D eigenvalue weighted by Gasteiger charge is -2.26. The largest absolute Gasteiger partial charge is 0.481 e. The standard InChI is InChI=1S/C19H28N2O5S/c22-18(23)12-4-1-2-7-13-20-19(24)16-10-5-6-11-17(16)27(25,26)21-14-8-3-9-15-21/h5-6,10-11H,1-4,7-9,12-15H2,(H,20,24)(H,22,23). The third-order valence-electron chi connectivity index (χ3n) is 4.67. The maximum Gasteiger partial charge on any atom is 0.303 e. The van der Waals surface area contributed by atoms with E-state index in [0.717, 1.165) is 38.5 Å². The van der Waals surface area contributed by atoms with Crippen LogP contribution in [0.2, 0.25) is 0 Å². The van der Waals surface area contributed by atoms with E-state index >= 15 is 0 Å². The Morgan fingerprint density at radius 1 is 1.00 bits per heavy atom. The molecule has 0 radical (unpaired) electrons. The molecule has 27 heavy (non-hydrogen) atoms. The minimum Gasteiger partial charge on any atom is -0.481 e. The Balaban J connectivity index is 1.92. The summed E-state index contributed by atoms with van der Waals surface area (Å²) in [6, 6.07) is 6.33. The third-order valence-corrected chi connectivity index (χ3v) is 6.62. The van der Waals surface area contributed by atoms with Gasteiger partial charge in [0.25, 0.3) is 5.91 Å². The minimum absolute atomic E-state index is 0.0610. The van der Waals surface area contributed by atoms with Crippen molar-refractivity contribution in [1.29, 1.82) is 0 Å². The molecule has 0 saturated carbocycles. The van der Waals surface area contributed by atoms with Crippen LogP contribution in [0.5, 0.6) is 0 Å². The molecule has 0 aliphatic carbocycles. The van der Waals surface area contributed by atoms with Crippen molar-refractivity contribution in [1.82, 2.24) is 9.62 Å². The number of nitrogens with zero attached hydrogens (tertiary/aromatic N) is 1. The summed E-state index contributed by atoms with van der Waals surface area (Å²) < 4.78 is 27.3. The first-order valence-corrected chi connectivity index (χ1v) is 11.0. The number of piperidine rings is 1. The molecule has 150 valence electrons. The van der Waals surface area contributed by atoms with E-state index in [4.69, 9.17) is 5.11 Å². The number of aliphatic carboxylic acids is 1. The van der Waals surface area contributed by atoms with Gasteiger partial charge in [-0.05, 0) is 37.8 Å². The predicted molar refractivity (Wildman–Crippen MR) is 102 cm³/mol. The van der Waals surface area contributed by atoms with Crippen LogP contribution in [0.1, 0.15) is 61.7 Å². The third kappa shape index (κ3) is 6.32. The van der Waals surface area contributed by atoms with E-state index in [2.05, 4.69) is 5.32 Å². The molecule has 0 atom stereocenters. The average molecular weight is 397 g/mol. The normalized spacial score (nSPS) is 15.4. The molecule has 2 rings (SSSR count). The molecule has 1 fully saturated rings. The number of unbranched alkanes of at least 4 members (excludes halogenated alkanes) is 3. The summed E-state index contributed by atoms with van der Waals surface area (Å²) in [6.07, 6.45) is 5.84. The second-order valence-electron chi connectivity index (χ2n) is 6.77. The lowest BCUT2D eigenvalue weighted by Crippen LogP contribution is -2.37. The number of hydrogen-bond donors (Lipinski definition) is 2. The fourth-order valence-corrected chi connectivity index (χ4v) is 4.88. The zero-order valence-corrected chi connectivity index (χ0v) is 16.3. The van der Waals surface area contributed by atoms with Crippen LogP contribution in [0.15, 0.2) is 29.2 Å². The molecule has 7 nitrogen and oxygen atoms in total. The van der Waals surface area contributed by atoms with Crippen LogP contribution in [0, 0.1) is 0 Å². The number of carboxylic acid groups (broad SMARTS) is 1. The van der Waals surface area contributed by atoms with E-state index in [-0.39, 0.29) is 16.9 Å². The maximum absolute atomic E-state index is 12.9. The Kier molecular flexibility index (Phi) is 8.24. The molecule has 1 aromatic rings. The fourth-order valence-electron chi connectivity index (χ4n) is 3.18. The highest BCUT2D eigenvalue weighted by Crippen LogP contribution is 2.23. The van der Waals surface area contributed by atoms with Gasteiger partial charge in [0.05, 0.1) is 10.5 Å². The Morgan fingerprint density at radius 3 is 2.37 bits per heavy atom. The molecule has 0 unspecified atom stereocenters. The number of nitrogens with one attached hydrogen (secondary N) is 1. The van der Waals surface area contributed by atoms with Crippen molar-refractivity contribution in [2.75, 3.05) is 19.6 Å². The summed E-state index contributed by atoms with van der Waals surface area (Å²) in [6.45, 7) is 1.42. The number of rotatable bonds is 10. The van der Waals surface area contributed by atoms with Gasteiger partial charge in [-0.3, -0.25) is 9.59 Å². The Hall–Kier alpha value is -1.93. The molecule has 0 bridgehead atoms. The zero-order chi connectivity index (χ0) is 19.7. The smallest absolute Gasteiger partial charge is 0.303 e. The van der Waals surface area contributed by atoms with Crippen molar-refractivity contribution in [2.24, 2.45) is 0 Å². The van der Waals surface area contributed by atoms with Crippen molar-refractivity contribution in [3.8, 4) is 0 Å². The van der Waals surface area contributed by atoms with Crippen LogP contribution < -0.4 is 5.32 Å². The van der Waals surface area contributed by atoms with Gasteiger partial charge in [0, 0.05) is 26.1 Å². The molecule has 1 aromatic carbocycles. The summed E-state index contributed by atoms with van der Waals surface area (Å²) in [5.74, 6) is -1.19. The topological polar surface area (TPSA) is 104 Å². The van der Waals surface area contributed by atoms with Gasteiger partial charge < -0.3 is 10.4 Å². The molecule has 1 aliphatic rings. The lowest BCUT2D eigenvalue weighted by molar-refractivity contribution is -0.137. The first-order valence-electron chi connectivity index (χ1n) is 9.52. The van der Waals surface area contributed by atoms with E-state index in [1.807, 2.05) is 0 Å². The van der Waals surface area contributed by atoms with Crippen LogP contribution >= 0.6 is 0 Å². The summed E-state index contributed by atoms with van der Waals surface area (Å²) in [5.41, 5.74) is 0.175. The van der Waals surface area contributed by atoms with Crippen LogP contribution in [-0.4, -0.2) is 49.3 Å². The molecular weight excluding hydrogens is 368 g/mol. The Morgan fingerprint density at radius 2 is 1.67 bits per heavy atom. The molecule has 0 spiro atoms. The highest BCUT2D eigenvalue weighted by molar-refractivity contribution is 7.89. The Labute approximate surface area is 160 Å². The second kappa shape index (κ2) is 10.4. The molecule has 2 N–H and O–H groups in total. The van der Waals surface area contributed by atoms with E-state index in [9.17, 15) is 18.0 Å². The molecule has 8 heteroatoms. The Bertz CT molecular complexity index is 742. The molecular formula is C19H28N2O5S. The van der Waals surface area contributed by atoms with Gasteiger partial charge in [-0.2, -0.15) is 4.31 Å². The van der Waals surface area contributed by atoms with Crippen molar-refractivity contribution in [3.63, 3.8) is 0 Å². The monoisotopic (exact) mass is 396 g/mol. The summed E-state index contributed by atoms with van der Waals surface area (Å²) >= 11 is 0. The number of sulfonamides is 1. The molecule has 1 amide bonds. The van der Waals surface area contributed by atoms with E-state index < -0.39 is 21.9 Å². The highest BCUT2D eigenvalue weighted by Gasteiger charge is 2.29. The van der Waals surface area contributed by atoms with Gasteiger partial charge >= 0.3 is 5.97 Å². The van der Waals surface area contributed by atoms with E-state index in [1.165, 1.54) is 10.4 Å². The van der Waals surface area contributed by atoms with Crippen LogP contribution in [-0.2, 0) is 14.8 Å². The van der Waals surface area contributed by atoms with Crippen LogP contribution in [0.4, 0.5) is 0 Å². The van der Waals surface area contributed by atoms with Crippen molar-refractivity contribution >= 4 is 21.9 Å². The number of benzene rings is 1. The minimum atomic E-state index is -3.67. The summed E-state index contributed by atoms with van der Waals surface area (Å²) in [7, 11) is -3.67. The molecule has 0 aromatic heterocycles.